The van der Waals surface area contributed by atoms with Crippen LogP contribution in [0.15, 0.2) is 42.5 Å². The van der Waals surface area contributed by atoms with Crippen molar-refractivity contribution in [2.75, 3.05) is 5.32 Å². The fraction of sp³-hybridized carbons (Fsp3) is 0.333. The highest BCUT2D eigenvalue weighted by molar-refractivity contribution is 6.35. The van der Waals surface area contributed by atoms with Gasteiger partial charge >= 0.3 is 5.97 Å². The molecule has 6 heteroatoms. The van der Waals surface area contributed by atoms with Gasteiger partial charge in [-0.2, -0.15) is 0 Å². The van der Waals surface area contributed by atoms with Gasteiger partial charge in [0.15, 0.2) is 6.10 Å². The minimum Gasteiger partial charge on any atom is -0.452 e. The van der Waals surface area contributed by atoms with E-state index in [1.54, 1.807) is 25.1 Å². The summed E-state index contributed by atoms with van der Waals surface area (Å²) in [6, 6.07) is 12.5. The molecular formula is C21H23Cl2NO3. The molecule has 0 aliphatic carbocycles. The molecule has 1 N–H and O–H groups in total. The van der Waals surface area contributed by atoms with Gasteiger partial charge in [-0.3, -0.25) is 9.59 Å². The highest BCUT2D eigenvalue weighted by atomic mass is 35.5. The van der Waals surface area contributed by atoms with E-state index in [0.717, 1.165) is 17.7 Å². The van der Waals surface area contributed by atoms with Gasteiger partial charge in [0.2, 0.25) is 0 Å². The molecule has 144 valence electrons. The van der Waals surface area contributed by atoms with Crippen LogP contribution in [0.5, 0.6) is 0 Å². The van der Waals surface area contributed by atoms with E-state index in [2.05, 4.69) is 19.2 Å². The van der Waals surface area contributed by atoms with Crippen molar-refractivity contribution in [3.05, 3.63) is 63.6 Å². The average molecular weight is 408 g/mol. The summed E-state index contributed by atoms with van der Waals surface area (Å²) in [7, 11) is 0. The number of benzene rings is 2. The van der Waals surface area contributed by atoms with Gasteiger partial charge in [-0.1, -0.05) is 61.3 Å². The quantitative estimate of drug-likeness (QED) is 0.605. The second-order valence-electron chi connectivity index (χ2n) is 6.43. The monoisotopic (exact) mass is 407 g/mol. The number of hydrogen-bond acceptors (Lipinski definition) is 3. The number of anilines is 1. The lowest BCUT2D eigenvalue weighted by atomic mass is 9.97. The molecule has 4 nitrogen and oxygen atoms in total. The van der Waals surface area contributed by atoms with Crippen molar-refractivity contribution in [2.45, 2.75) is 45.6 Å². The van der Waals surface area contributed by atoms with E-state index in [1.165, 1.54) is 0 Å². The Morgan fingerprint density at radius 1 is 1.11 bits per heavy atom. The molecular weight excluding hydrogens is 385 g/mol. The van der Waals surface area contributed by atoms with Gasteiger partial charge in [0.05, 0.1) is 6.42 Å². The number of ether oxygens (including phenoxy) is 1. The van der Waals surface area contributed by atoms with E-state index in [-0.39, 0.29) is 12.3 Å². The van der Waals surface area contributed by atoms with Crippen LogP contribution in [-0.2, 0) is 20.7 Å². The summed E-state index contributed by atoms with van der Waals surface area (Å²) in [6.45, 7) is 5.74. The van der Waals surface area contributed by atoms with Gasteiger partial charge in [0.25, 0.3) is 5.91 Å². The first-order valence-electron chi connectivity index (χ1n) is 8.85. The van der Waals surface area contributed by atoms with Crippen molar-refractivity contribution < 1.29 is 14.3 Å². The van der Waals surface area contributed by atoms with Crippen LogP contribution in [0.25, 0.3) is 0 Å². The zero-order valence-electron chi connectivity index (χ0n) is 15.6. The SMILES string of the molecule is CC[C@@H](C)c1ccccc1NC(=O)[C@@H](C)OC(=O)Cc1ccc(Cl)cc1Cl. The first-order valence-corrected chi connectivity index (χ1v) is 9.60. The standard InChI is InChI=1S/C21H23Cl2NO3/c1-4-13(2)17-7-5-6-8-19(17)24-21(26)14(3)27-20(25)11-15-9-10-16(22)12-18(15)23/h5-10,12-14H,4,11H2,1-3H3,(H,24,26)/t13-,14-/m1/s1. The van der Waals surface area contributed by atoms with Crippen LogP contribution in [0.1, 0.15) is 44.2 Å². The normalized spacial score (nSPS) is 12.9. The Morgan fingerprint density at radius 3 is 2.48 bits per heavy atom. The molecule has 0 radical (unpaired) electrons. The molecule has 0 aliphatic heterocycles. The maximum absolute atomic E-state index is 12.4. The molecule has 0 aromatic heterocycles. The Labute approximate surface area is 169 Å². The molecule has 2 aromatic rings. The maximum atomic E-state index is 12.4. The number of para-hydroxylation sites is 1. The van der Waals surface area contributed by atoms with Crippen LogP contribution in [0.4, 0.5) is 5.69 Å². The summed E-state index contributed by atoms with van der Waals surface area (Å²) in [5, 5.41) is 3.73. The van der Waals surface area contributed by atoms with Crippen LogP contribution >= 0.6 is 23.2 Å². The molecule has 0 spiro atoms. The Morgan fingerprint density at radius 2 is 1.81 bits per heavy atom. The lowest BCUT2D eigenvalue weighted by Gasteiger charge is -2.18. The van der Waals surface area contributed by atoms with Gasteiger partial charge in [-0.15, -0.1) is 0 Å². The summed E-state index contributed by atoms with van der Waals surface area (Å²) in [5.74, 6) is -0.593. The number of halogens is 2. The molecule has 27 heavy (non-hydrogen) atoms. The van der Waals surface area contributed by atoms with Crippen molar-refractivity contribution in [1.29, 1.82) is 0 Å². The van der Waals surface area contributed by atoms with Crippen molar-refractivity contribution in [3.8, 4) is 0 Å². The number of carbonyl (C=O) groups is 2. The van der Waals surface area contributed by atoms with Gasteiger partial charge in [0.1, 0.15) is 0 Å². The largest absolute Gasteiger partial charge is 0.452 e. The Bertz CT molecular complexity index is 823. The van der Waals surface area contributed by atoms with E-state index in [9.17, 15) is 9.59 Å². The zero-order chi connectivity index (χ0) is 20.0. The molecule has 2 aromatic carbocycles. The number of nitrogens with one attached hydrogen (secondary N) is 1. The first kappa shape index (κ1) is 21.3. The molecule has 0 saturated carbocycles. The summed E-state index contributed by atoms with van der Waals surface area (Å²) in [6.07, 6.45) is 0.00431. The lowest BCUT2D eigenvalue weighted by Crippen LogP contribution is -2.31. The number of hydrogen-bond donors (Lipinski definition) is 1. The fourth-order valence-electron chi connectivity index (χ4n) is 2.61. The van der Waals surface area contributed by atoms with Crippen LogP contribution in [-0.4, -0.2) is 18.0 Å². The van der Waals surface area contributed by atoms with Gasteiger partial charge in [-0.25, -0.2) is 0 Å². The maximum Gasteiger partial charge on any atom is 0.311 e. The van der Waals surface area contributed by atoms with E-state index in [0.29, 0.717) is 21.5 Å². The second kappa shape index (κ2) is 9.77. The minimum absolute atomic E-state index is 0.0307. The number of amides is 1. The van der Waals surface area contributed by atoms with E-state index >= 15 is 0 Å². The molecule has 0 unspecified atom stereocenters. The molecule has 0 bridgehead atoms. The van der Waals surface area contributed by atoms with Crippen LogP contribution in [0, 0.1) is 0 Å². The molecule has 2 rings (SSSR count). The molecule has 0 saturated heterocycles. The lowest BCUT2D eigenvalue weighted by molar-refractivity contribution is -0.152. The average Bonchev–Trinajstić information content (AvgIpc) is 2.63. The van der Waals surface area contributed by atoms with Crippen molar-refractivity contribution in [1.82, 2.24) is 0 Å². The van der Waals surface area contributed by atoms with E-state index in [1.807, 2.05) is 24.3 Å². The number of esters is 1. The molecule has 2 atom stereocenters. The van der Waals surface area contributed by atoms with Crippen LogP contribution in [0.3, 0.4) is 0 Å². The molecule has 0 heterocycles. The fourth-order valence-corrected chi connectivity index (χ4v) is 3.08. The zero-order valence-corrected chi connectivity index (χ0v) is 17.1. The number of rotatable bonds is 7. The Balaban J connectivity index is 1.98. The van der Waals surface area contributed by atoms with E-state index < -0.39 is 12.1 Å². The summed E-state index contributed by atoms with van der Waals surface area (Å²) in [5.41, 5.74) is 2.39. The number of carbonyl (C=O) groups excluding carboxylic acids is 2. The predicted molar refractivity (Wildman–Crippen MR) is 109 cm³/mol. The summed E-state index contributed by atoms with van der Waals surface area (Å²) >= 11 is 11.9. The van der Waals surface area contributed by atoms with Crippen molar-refractivity contribution >= 4 is 40.8 Å². The first-order chi connectivity index (χ1) is 12.8. The molecule has 1 amide bonds. The summed E-state index contributed by atoms with van der Waals surface area (Å²) < 4.78 is 5.26. The third kappa shape index (κ3) is 5.98. The molecule has 0 fully saturated rings. The van der Waals surface area contributed by atoms with Crippen LogP contribution < -0.4 is 5.32 Å². The third-order valence-electron chi connectivity index (χ3n) is 4.39. The second-order valence-corrected chi connectivity index (χ2v) is 7.27. The van der Waals surface area contributed by atoms with Gasteiger partial charge in [0, 0.05) is 15.7 Å². The van der Waals surface area contributed by atoms with E-state index in [4.69, 9.17) is 27.9 Å². The Kier molecular flexibility index (Phi) is 7.69. The topological polar surface area (TPSA) is 55.4 Å². The highest BCUT2D eigenvalue weighted by Crippen LogP contribution is 2.27. The Hall–Kier alpha value is -2.04. The van der Waals surface area contributed by atoms with Crippen molar-refractivity contribution in [2.24, 2.45) is 0 Å². The molecule has 0 aliphatic rings. The summed E-state index contributed by atoms with van der Waals surface area (Å²) in [4.78, 5) is 24.6. The minimum atomic E-state index is -0.923. The highest BCUT2D eigenvalue weighted by Gasteiger charge is 2.20. The van der Waals surface area contributed by atoms with Crippen molar-refractivity contribution in [3.63, 3.8) is 0 Å². The smallest absolute Gasteiger partial charge is 0.311 e. The van der Waals surface area contributed by atoms with Gasteiger partial charge < -0.3 is 10.1 Å². The third-order valence-corrected chi connectivity index (χ3v) is 4.98. The predicted octanol–water partition coefficient (Wildman–Crippen LogP) is 5.62. The van der Waals surface area contributed by atoms with Gasteiger partial charge in [-0.05, 0) is 48.6 Å². The van der Waals surface area contributed by atoms with Crippen LogP contribution in [0.2, 0.25) is 10.0 Å².